The van der Waals surface area contributed by atoms with E-state index in [0.29, 0.717) is 64.5 Å². The third kappa shape index (κ3) is 5.09. The molecule has 4 aromatic rings. The average Bonchev–Trinajstić information content (AvgIpc) is 3.35. The van der Waals surface area contributed by atoms with Crippen LogP contribution in [0.1, 0.15) is 67.6 Å². The van der Waals surface area contributed by atoms with Crippen LogP contribution in [-0.2, 0) is 18.6 Å². The Morgan fingerprint density at radius 2 is 2.02 bits per heavy atom. The number of fused-ring (bicyclic) bond motifs is 2. The first-order valence-electron chi connectivity index (χ1n) is 13.6. The topological polar surface area (TPSA) is 103 Å². The Kier molecular flexibility index (Phi) is 6.83. The smallest absolute Gasteiger partial charge is 0.263 e. The highest BCUT2D eigenvalue weighted by Gasteiger charge is 2.54. The maximum atomic E-state index is 13.9. The molecular weight excluding hydrogens is 546 g/mol. The van der Waals surface area contributed by atoms with Crippen LogP contribution in [0.3, 0.4) is 0 Å². The number of halogens is 3. The van der Waals surface area contributed by atoms with Crippen molar-refractivity contribution in [2.24, 2.45) is 5.41 Å². The van der Waals surface area contributed by atoms with Gasteiger partial charge < -0.3 is 16.0 Å². The molecule has 1 atom stereocenters. The fourth-order valence-electron chi connectivity index (χ4n) is 5.38. The Labute approximate surface area is 242 Å². The SMILES string of the molecule is CC(C)(C)CNc1c(C#N)cnc2c(Cl)cc(NC(c3cn(C4(C(F)F)CC4)nn3)c3cccc4c3CNC4)cc12. The van der Waals surface area contributed by atoms with Gasteiger partial charge in [0.25, 0.3) is 6.43 Å². The van der Waals surface area contributed by atoms with Crippen molar-refractivity contribution in [3.05, 3.63) is 75.7 Å². The number of nitriles is 1. The summed E-state index contributed by atoms with van der Waals surface area (Å²) in [6.07, 6.45) is 1.38. The highest BCUT2D eigenvalue weighted by atomic mass is 35.5. The molecule has 1 unspecified atom stereocenters. The van der Waals surface area contributed by atoms with Gasteiger partial charge >= 0.3 is 0 Å². The highest BCUT2D eigenvalue weighted by molar-refractivity contribution is 6.35. The molecule has 3 heterocycles. The molecule has 0 spiro atoms. The molecule has 0 bridgehead atoms. The number of alkyl halides is 2. The van der Waals surface area contributed by atoms with Crippen molar-refractivity contribution in [2.45, 2.75) is 64.7 Å². The van der Waals surface area contributed by atoms with Gasteiger partial charge in [-0.1, -0.05) is 55.8 Å². The van der Waals surface area contributed by atoms with Gasteiger partial charge in [-0.05, 0) is 47.1 Å². The number of nitrogens with zero attached hydrogens (tertiary/aromatic N) is 5. The van der Waals surface area contributed by atoms with Crippen molar-refractivity contribution in [2.75, 3.05) is 17.2 Å². The highest BCUT2D eigenvalue weighted by Crippen LogP contribution is 2.48. The lowest BCUT2D eigenvalue weighted by atomic mass is 9.95. The van der Waals surface area contributed by atoms with Crippen LogP contribution in [0.15, 0.2) is 42.7 Å². The summed E-state index contributed by atoms with van der Waals surface area (Å²) in [6.45, 7) is 8.41. The summed E-state index contributed by atoms with van der Waals surface area (Å²) >= 11 is 6.76. The minimum atomic E-state index is -2.52. The van der Waals surface area contributed by atoms with Gasteiger partial charge in [0, 0.05) is 36.9 Å². The van der Waals surface area contributed by atoms with Crippen molar-refractivity contribution in [3.8, 4) is 6.07 Å². The van der Waals surface area contributed by atoms with Gasteiger partial charge in [-0.15, -0.1) is 5.10 Å². The van der Waals surface area contributed by atoms with Crippen LogP contribution in [0.2, 0.25) is 5.02 Å². The van der Waals surface area contributed by atoms with Crippen molar-refractivity contribution in [3.63, 3.8) is 0 Å². The van der Waals surface area contributed by atoms with E-state index in [1.165, 1.54) is 16.4 Å². The zero-order chi connectivity index (χ0) is 28.9. The molecule has 41 heavy (non-hydrogen) atoms. The van der Waals surface area contributed by atoms with Gasteiger partial charge in [-0.25, -0.2) is 13.5 Å². The predicted molar refractivity (Wildman–Crippen MR) is 155 cm³/mol. The quantitative estimate of drug-likeness (QED) is 0.224. The van der Waals surface area contributed by atoms with Gasteiger partial charge in [0.1, 0.15) is 17.3 Å². The first-order chi connectivity index (χ1) is 19.6. The minimum absolute atomic E-state index is 0.0300. The Bertz CT molecular complexity index is 1670. The second kappa shape index (κ2) is 10.2. The van der Waals surface area contributed by atoms with Gasteiger partial charge in [0.15, 0.2) is 0 Å². The molecule has 0 radical (unpaired) electrons. The summed E-state index contributed by atoms with van der Waals surface area (Å²) in [5.74, 6) is 0. The first-order valence-corrected chi connectivity index (χ1v) is 14.0. The molecule has 8 nitrogen and oxygen atoms in total. The number of nitrogens with one attached hydrogen (secondary N) is 3. The van der Waals surface area contributed by atoms with Crippen LogP contribution in [0.25, 0.3) is 10.9 Å². The van der Waals surface area contributed by atoms with Crippen LogP contribution in [0, 0.1) is 16.7 Å². The van der Waals surface area contributed by atoms with Crippen molar-refractivity contribution in [1.82, 2.24) is 25.3 Å². The standard InChI is InChI=1S/C30H31ClF2N8/c1-29(2,3)16-37-25-18(11-34)13-36-26-21(25)9-19(10-23(26)31)38-27(20-6-4-5-17-12-35-14-22(17)20)24-15-41(40-39-24)30(7-8-30)28(32)33/h4-6,9-10,13,15,27-28,35,38H,7-8,12,14,16H2,1-3H3,(H,36,37). The molecule has 1 aliphatic carbocycles. The van der Waals surface area contributed by atoms with Crippen molar-refractivity contribution >= 4 is 33.9 Å². The van der Waals surface area contributed by atoms with Crippen molar-refractivity contribution < 1.29 is 8.78 Å². The Balaban J connectivity index is 1.45. The predicted octanol–water partition coefficient (Wildman–Crippen LogP) is 6.37. The molecule has 3 N–H and O–H groups in total. The summed E-state index contributed by atoms with van der Waals surface area (Å²) < 4.78 is 29.1. The molecule has 0 saturated heterocycles. The molecule has 1 fully saturated rings. The summed E-state index contributed by atoms with van der Waals surface area (Å²) in [5.41, 5.74) is 4.86. The fraction of sp³-hybridized carbons (Fsp3) is 0.400. The maximum Gasteiger partial charge on any atom is 0.263 e. The van der Waals surface area contributed by atoms with E-state index in [9.17, 15) is 14.0 Å². The van der Waals surface area contributed by atoms with E-state index < -0.39 is 18.0 Å². The third-order valence-corrected chi connectivity index (χ3v) is 8.11. The average molecular weight is 577 g/mol. The van der Waals surface area contributed by atoms with E-state index in [-0.39, 0.29) is 5.41 Å². The molecular formula is C30H31ClF2N8. The maximum absolute atomic E-state index is 13.9. The molecule has 2 aromatic carbocycles. The van der Waals surface area contributed by atoms with Gasteiger partial charge in [0.2, 0.25) is 0 Å². The van der Waals surface area contributed by atoms with Crippen LogP contribution in [0.4, 0.5) is 20.2 Å². The normalized spacial score (nSPS) is 16.4. The second-order valence-electron chi connectivity index (χ2n) is 12.1. The lowest BCUT2D eigenvalue weighted by Crippen LogP contribution is -2.26. The molecule has 2 aliphatic rings. The zero-order valence-corrected chi connectivity index (χ0v) is 23.9. The molecule has 212 valence electrons. The molecule has 11 heteroatoms. The van der Waals surface area contributed by atoms with Crippen LogP contribution in [-0.4, -0.2) is 32.9 Å². The number of aromatic nitrogens is 4. The fourth-order valence-corrected chi connectivity index (χ4v) is 5.65. The van der Waals surface area contributed by atoms with E-state index in [0.717, 1.165) is 17.7 Å². The molecule has 6 rings (SSSR count). The number of rotatable bonds is 8. The summed E-state index contributed by atoms with van der Waals surface area (Å²) in [7, 11) is 0. The number of hydrogen-bond donors (Lipinski definition) is 3. The van der Waals surface area contributed by atoms with Gasteiger partial charge in [-0.3, -0.25) is 4.98 Å². The summed E-state index contributed by atoms with van der Waals surface area (Å²) in [6, 6.07) is 11.6. The third-order valence-electron chi connectivity index (χ3n) is 7.82. The lowest BCUT2D eigenvalue weighted by Gasteiger charge is -2.23. The Hall–Kier alpha value is -3.81. The number of benzene rings is 2. The van der Waals surface area contributed by atoms with E-state index in [1.54, 1.807) is 12.3 Å². The van der Waals surface area contributed by atoms with E-state index in [4.69, 9.17) is 11.6 Å². The number of pyridine rings is 1. The zero-order valence-electron chi connectivity index (χ0n) is 23.1. The molecule has 0 amide bonds. The van der Waals surface area contributed by atoms with Gasteiger partial charge in [-0.2, -0.15) is 5.26 Å². The van der Waals surface area contributed by atoms with Crippen molar-refractivity contribution in [1.29, 1.82) is 5.26 Å². The van der Waals surface area contributed by atoms with E-state index in [2.05, 4.69) is 64.2 Å². The van der Waals surface area contributed by atoms with Gasteiger partial charge in [0.05, 0.1) is 34.0 Å². The Morgan fingerprint density at radius 1 is 1.22 bits per heavy atom. The minimum Gasteiger partial charge on any atom is -0.383 e. The number of anilines is 2. The van der Waals surface area contributed by atoms with E-state index in [1.807, 2.05) is 18.2 Å². The number of hydrogen-bond acceptors (Lipinski definition) is 7. The second-order valence-corrected chi connectivity index (χ2v) is 12.5. The summed E-state index contributed by atoms with van der Waals surface area (Å²) in [5, 5.41) is 29.9. The Morgan fingerprint density at radius 3 is 2.73 bits per heavy atom. The summed E-state index contributed by atoms with van der Waals surface area (Å²) in [4.78, 5) is 4.47. The lowest BCUT2D eigenvalue weighted by molar-refractivity contribution is 0.0593. The van der Waals surface area contributed by atoms with Crippen LogP contribution >= 0.6 is 11.6 Å². The molecule has 1 aliphatic heterocycles. The molecule has 2 aromatic heterocycles. The van der Waals surface area contributed by atoms with Crippen LogP contribution < -0.4 is 16.0 Å². The van der Waals surface area contributed by atoms with E-state index >= 15 is 0 Å². The first kappa shape index (κ1) is 27.4. The largest absolute Gasteiger partial charge is 0.383 e. The van der Waals surface area contributed by atoms with Crippen LogP contribution in [0.5, 0.6) is 0 Å². The molecule has 1 saturated carbocycles. The monoisotopic (exact) mass is 576 g/mol.